The normalized spacial score (nSPS) is 10.5. The van der Waals surface area contributed by atoms with E-state index in [0.717, 1.165) is 28.0 Å². The minimum Gasteiger partial charge on any atom is -0.496 e. The Kier molecular flexibility index (Phi) is 6.12. The van der Waals surface area contributed by atoms with E-state index < -0.39 is 6.09 Å². The molecule has 1 heterocycles. The molecule has 1 aromatic heterocycles. The van der Waals surface area contributed by atoms with Crippen molar-refractivity contribution >= 4 is 6.09 Å². The van der Waals surface area contributed by atoms with Crippen molar-refractivity contribution in [3.63, 3.8) is 0 Å². The molecule has 0 fully saturated rings. The van der Waals surface area contributed by atoms with Crippen LogP contribution in [0.3, 0.4) is 0 Å². The van der Waals surface area contributed by atoms with Crippen molar-refractivity contribution in [2.75, 3.05) is 7.11 Å². The van der Waals surface area contributed by atoms with Gasteiger partial charge in [0.05, 0.1) is 19.3 Å². The first-order valence-corrected chi connectivity index (χ1v) is 9.19. The van der Waals surface area contributed by atoms with Crippen LogP contribution in [0.5, 0.6) is 11.5 Å². The van der Waals surface area contributed by atoms with Crippen LogP contribution in [-0.4, -0.2) is 18.2 Å². The number of pyridine rings is 1. The van der Waals surface area contributed by atoms with Gasteiger partial charge >= 0.3 is 6.09 Å². The summed E-state index contributed by atoms with van der Waals surface area (Å²) >= 11 is 0. The fourth-order valence-electron chi connectivity index (χ4n) is 3.19. The van der Waals surface area contributed by atoms with Crippen molar-refractivity contribution in [2.45, 2.75) is 27.3 Å². The Morgan fingerprint density at radius 2 is 1.90 bits per heavy atom. The third-order valence-corrected chi connectivity index (χ3v) is 4.57. The van der Waals surface area contributed by atoms with Crippen molar-refractivity contribution in [1.29, 1.82) is 0 Å². The predicted octanol–water partition coefficient (Wildman–Crippen LogP) is 5.11. The molecule has 3 rings (SSSR count). The summed E-state index contributed by atoms with van der Waals surface area (Å²) in [5.74, 6) is 0.817. The summed E-state index contributed by atoms with van der Waals surface area (Å²) in [4.78, 5) is 16.6. The number of nitrogens with zero attached hydrogens (tertiary/aromatic N) is 1. The molecule has 2 aromatic carbocycles. The SMILES string of the molecule is COc1c(C)cnc(CNC(=O)Oc2cc(C)cc(-c3cccc(F)c3)c2)c1C. The topological polar surface area (TPSA) is 60.5 Å². The van der Waals surface area contributed by atoms with Gasteiger partial charge in [-0.3, -0.25) is 4.98 Å². The molecule has 3 aromatic rings. The largest absolute Gasteiger partial charge is 0.496 e. The van der Waals surface area contributed by atoms with Gasteiger partial charge in [0.2, 0.25) is 0 Å². The number of benzene rings is 2. The first-order chi connectivity index (χ1) is 13.9. The van der Waals surface area contributed by atoms with Gasteiger partial charge in [-0.15, -0.1) is 0 Å². The number of amides is 1. The number of nitrogens with one attached hydrogen (secondary N) is 1. The highest BCUT2D eigenvalue weighted by molar-refractivity contribution is 5.72. The van der Waals surface area contributed by atoms with Crippen molar-refractivity contribution in [3.8, 4) is 22.6 Å². The van der Waals surface area contributed by atoms with Gasteiger partial charge < -0.3 is 14.8 Å². The molecule has 0 aliphatic rings. The van der Waals surface area contributed by atoms with Gasteiger partial charge in [0.25, 0.3) is 0 Å². The van der Waals surface area contributed by atoms with Crippen molar-refractivity contribution < 1.29 is 18.7 Å². The van der Waals surface area contributed by atoms with Crippen LogP contribution in [0.4, 0.5) is 9.18 Å². The van der Waals surface area contributed by atoms with E-state index in [1.165, 1.54) is 12.1 Å². The fraction of sp³-hybridized carbons (Fsp3) is 0.217. The maximum atomic E-state index is 13.5. The molecule has 0 saturated heterocycles. The first kappa shape index (κ1) is 20.3. The lowest BCUT2D eigenvalue weighted by molar-refractivity contribution is 0.200. The lowest BCUT2D eigenvalue weighted by Crippen LogP contribution is -2.27. The highest BCUT2D eigenvalue weighted by Gasteiger charge is 2.12. The molecule has 0 atom stereocenters. The van der Waals surface area contributed by atoms with Crippen molar-refractivity contribution in [2.24, 2.45) is 0 Å². The Labute approximate surface area is 169 Å². The number of hydrogen-bond donors (Lipinski definition) is 1. The Bertz CT molecular complexity index is 1050. The van der Waals surface area contributed by atoms with E-state index in [9.17, 15) is 9.18 Å². The first-order valence-electron chi connectivity index (χ1n) is 9.19. The van der Waals surface area contributed by atoms with Crippen LogP contribution in [0.2, 0.25) is 0 Å². The number of rotatable bonds is 5. The van der Waals surface area contributed by atoms with Crippen LogP contribution in [0.1, 0.15) is 22.4 Å². The molecule has 150 valence electrons. The van der Waals surface area contributed by atoms with Crippen molar-refractivity contribution in [3.05, 3.63) is 76.9 Å². The number of hydrogen-bond acceptors (Lipinski definition) is 4. The minimum absolute atomic E-state index is 0.212. The van der Waals surface area contributed by atoms with E-state index in [-0.39, 0.29) is 12.4 Å². The van der Waals surface area contributed by atoms with Gasteiger partial charge in [-0.2, -0.15) is 0 Å². The quantitative estimate of drug-likeness (QED) is 0.653. The van der Waals surface area contributed by atoms with Crippen molar-refractivity contribution in [1.82, 2.24) is 10.3 Å². The minimum atomic E-state index is -0.596. The average Bonchev–Trinajstić information content (AvgIpc) is 2.67. The van der Waals surface area contributed by atoms with Crippen LogP contribution in [0, 0.1) is 26.6 Å². The number of aromatic nitrogens is 1. The highest BCUT2D eigenvalue weighted by atomic mass is 19.1. The number of ether oxygens (including phenoxy) is 2. The standard InChI is InChI=1S/C23H23FN2O3/c1-14-8-18(17-6-5-7-19(24)10-17)11-20(9-14)29-23(27)26-13-21-16(3)22(28-4)15(2)12-25-21/h5-12H,13H2,1-4H3,(H,26,27). The van der Waals surface area contributed by atoms with E-state index in [4.69, 9.17) is 9.47 Å². The summed E-state index contributed by atoms with van der Waals surface area (Å²) in [6.07, 6.45) is 1.11. The summed E-state index contributed by atoms with van der Waals surface area (Å²) in [5, 5.41) is 2.71. The zero-order valence-electron chi connectivity index (χ0n) is 16.9. The molecule has 1 amide bonds. The molecule has 0 bridgehead atoms. The summed E-state index contributed by atoms with van der Waals surface area (Å²) in [7, 11) is 1.61. The van der Waals surface area contributed by atoms with Gasteiger partial charge in [-0.25, -0.2) is 9.18 Å². The number of methoxy groups -OCH3 is 1. The zero-order chi connectivity index (χ0) is 21.0. The molecule has 1 N–H and O–H groups in total. The van der Waals surface area contributed by atoms with E-state index in [2.05, 4.69) is 10.3 Å². The van der Waals surface area contributed by atoms with Crippen LogP contribution < -0.4 is 14.8 Å². The van der Waals surface area contributed by atoms with Gasteiger partial charge in [-0.05, 0) is 61.7 Å². The maximum Gasteiger partial charge on any atom is 0.412 e. The van der Waals surface area contributed by atoms with Crippen LogP contribution >= 0.6 is 0 Å². The Morgan fingerprint density at radius 3 is 2.62 bits per heavy atom. The fourth-order valence-corrected chi connectivity index (χ4v) is 3.19. The summed E-state index contributed by atoms with van der Waals surface area (Å²) in [6.45, 7) is 5.91. The monoisotopic (exact) mass is 394 g/mol. The smallest absolute Gasteiger partial charge is 0.412 e. The highest BCUT2D eigenvalue weighted by Crippen LogP contribution is 2.27. The molecule has 0 spiro atoms. The second-order valence-corrected chi connectivity index (χ2v) is 6.83. The van der Waals surface area contributed by atoms with Gasteiger partial charge in [0.15, 0.2) is 0 Å². The molecular formula is C23H23FN2O3. The number of carbonyl (C=O) groups is 1. The van der Waals surface area contributed by atoms with E-state index in [0.29, 0.717) is 17.0 Å². The molecular weight excluding hydrogens is 371 g/mol. The molecule has 5 nitrogen and oxygen atoms in total. The van der Waals surface area contributed by atoms with E-state index in [1.807, 2.05) is 26.8 Å². The average molecular weight is 394 g/mol. The second-order valence-electron chi connectivity index (χ2n) is 6.83. The van der Waals surface area contributed by atoms with Crippen LogP contribution in [0.25, 0.3) is 11.1 Å². The van der Waals surface area contributed by atoms with E-state index in [1.54, 1.807) is 37.6 Å². The lowest BCUT2D eigenvalue weighted by Gasteiger charge is -2.13. The second kappa shape index (κ2) is 8.73. The van der Waals surface area contributed by atoms with Crippen LogP contribution in [0.15, 0.2) is 48.7 Å². The Balaban J connectivity index is 1.71. The zero-order valence-corrected chi connectivity index (χ0v) is 16.9. The van der Waals surface area contributed by atoms with Gasteiger partial charge in [0.1, 0.15) is 17.3 Å². The number of aryl methyl sites for hydroxylation is 2. The summed E-state index contributed by atoms with van der Waals surface area (Å²) in [6, 6.07) is 11.6. The molecule has 0 aliphatic carbocycles. The maximum absolute atomic E-state index is 13.5. The van der Waals surface area contributed by atoms with Gasteiger partial charge in [0, 0.05) is 17.3 Å². The van der Waals surface area contributed by atoms with E-state index >= 15 is 0 Å². The summed E-state index contributed by atoms with van der Waals surface area (Å²) < 4.78 is 24.3. The molecule has 0 radical (unpaired) electrons. The Morgan fingerprint density at radius 1 is 1.10 bits per heavy atom. The Hall–Kier alpha value is -3.41. The van der Waals surface area contributed by atoms with Gasteiger partial charge in [-0.1, -0.05) is 18.2 Å². The predicted molar refractivity (Wildman–Crippen MR) is 110 cm³/mol. The number of carbonyl (C=O) groups excluding carboxylic acids is 1. The molecule has 0 unspecified atom stereocenters. The summed E-state index contributed by atoms with van der Waals surface area (Å²) in [5.41, 5.74) is 4.89. The number of halogens is 1. The molecule has 6 heteroatoms. The lowest BCUT2D eigenvalue weighted by atomic mass is 10.0. The third-order valence-electron chi connectivity index (χ3n) is 4.57. The molecule has 29 heavy (non-hydrogen) atoms. The molecule has 0 saturated carbocycles. The molecule has 0 aliphatic heterocycles. The third kappa shape index (κ3) is 4.90. The van der Waals surface area contributed by atoms with Crippen LogP contribution in [-0.2, 0) is 6.54 Å².